The van der Waals surface area contributed by atoms with Crippen LogP contribution in [-0.4, -0.2) is 50.1 Å². The van der Waals surface area contributed by atoms with Crippen LogP contribution in [0.4, 0.5) is 0 Å². The van der Waals surface area contributed by atoms with Gasteiger partial charge >= 0.3 is 5.97 Å². The summed E-state index contributed by atoms with van der Waals surface area (Å²) in [6.07, 6.45) is 1.32. The highest BCUT2D eigenvalue weighted by Gasteiger charge is 2.05. The topological polar surface area (TPSA) is 77.0 Å². The number of benzene rings is 2. The molecular weight excluding hydrogens is 370 g/mol. The number of para-hydroxylation sites is 1. The summed E-state index contributed by atoms with van der Waals surface area (Å²) >= 11 is 0. The van der Waals surface area contributed by atoms with Crippen LogP contribution in [0.1, 0.15) is 25.3 Å². The van der Waals surface area contributed by atoms with Gasteiger partial charge in [0.25, 0.3) is 0 Å². The third-order valence-electron chi connectivity index (χ3n) is 4.18. The van der Waals surface area contributed by atoms with E-state index in [2.05, 4.69) is 5.32 Å². The molecule has 0 aromatic heterocycles. The first-order valence-corrected chi connectivity index (χ1v) is 10.1. The maximum absolute atomic E-state index is 11.3. The minimum absolute atomic E-state index is 0.185. The highest BCUT2D eigenvalue weighted by Crippen LogP contribution is 2.13. The van der Waals surface area contributed by atoms with Crippen molar-refractivity contribution in [1.82, 2.24) is 5.32 Å². The number of carbonyl (C=O) groups excluding carboxylic acids is 1. The monoisotopic (exact) mass is 401 g/mol. The Bertz CT molecular complexity index is 690. The number of ether oxygens (including phenoxy) is 3. The first-order chi connectivity index (χ1) is 14.2. The average molecular weight is 402 g/mol. The number of nitrogens with one attached hydrogen (secondary N) is 1. The molecule has 6 heteroatoms. The van der Waals surface area contributed by atoms with Crippen molar-refractivity contribution in [2.75, 3.05) is 32.9 Å². The van der Waals surface area contributed by atoms with E-state index in [1.165, 1.54) is 5.56 Å². The van der Waals surface area contributed by atoms with Crippen molar-refractivity contribution in [3.63, 3.8) is 0 Å². The molecular formula is C23H31NO5. The Labute approximate surface area is 172 Å². The average Bonchev–Trinajstić information content (AvgIpc) is 2.75. The van der Waals surface area contributed by atoms with Crippen LogP contribution in [0.25, 0.3) is 0 Å². The Morgan fingerprint density at radius 1 is 1.03 bits per heavy atom. The van der Waals surface area contributed by atoms with Crippen molar-refractivity contribution < 1.29 is 24.1 Å². The predicted molar refractivity (Wildman–Crippen MR) is 112 cm³/mol. The number of hydrogen-bond donors (Lipinski definition) is 2. The molecule has 158 valence electrons. The maximum atomic E-state index is 11.3. The van der Waals surface area contributed by atoms with Crippen molar-refractivity contribution in [3.8, 4) is 11.5 Å². The van der Waals surface area contributed by atoms with Gasteiger partial charge in [0.2, 0.25) is 0 Å². The van der Waals surface area contributed by atoms with Crippen LogP contribution in [0, 0.1) is 0 Å². The smallest absolute Gasteiger partial charge is 0.305 e. The Morgan fingerprint density at radius 3 is 2.48 bits per heavy atom. The largest absolute Gasteiger partial charge is 0.494 e. The summed E-state index contributed by atoms with van der Waals surface area (Å²) in [6, 6.07) is 17.4. The van der Waals surface area contributed by atoms with E-state index in [0.29, 0.717) is 32.6 Å². The van der Waals surface area contributed by atoms with Crippen LogP contribution < -0.4 is 14.8 Å². The van der Waals surface area contributed by atoms with Crippen molar-refractivity contribution >= 4 is 5.97 Å². The van der Waals surface area contributed by atoms with Crippen LogP contribution in [0.5, 0.6) is 11.5 Å². The van der Waals surface area contributed by atoms with Crippen LogP contribution in [0.15, 0.2) is 54.6 Å². The standard InChI is InChI=1S/C23H31NO5/c1-2-27-23(26)9-6-16-28-22-12-10-19(11-13-22)14-15-24-17-20(25)18-29-21-7-4-3-5-8-21/h3-5,7-8,10-13,20,24-25H,2,6,9,14-18H2,1H3. The molecule has 0 aliphatic rings. The molecule has 2 aromatic rings. The van der Waals surface area contributed by atoms with E-state index in [0.717, 1.165) is 24.5 Å². The van der Waals surface area contributed by atoms with E-state index in [-0.39, 0.29) is 12.6 Å². The summed E-state index contributed by atoms with van der Waals surface area (Å²) in [4.78, 5) is 11.3. The normalized spacial score (nSPS) is 11.7. The van der Waals surface area contributed by atoms with Gasteiger partial charge in [0.15, 0.2) is 0 Å². The lowest BCUT2D eigenvalue weighted by molar-refractivity contribution is -0.143. The van der Waals surface area contributed by atoms with E-state index in [9.17, 15) is 9.90 Å². The molecule has 0 saturated carbocycles. The van der Waals surface area contributed by atoms with Gasteiger partial charge in [-0.1, -0.05) is 30.3 Å². The highest BCUT2D eigenvalue weighted by molar-refractivity contribution is 5.69. The summed E-state index contributed by atoms with van der Waals surface area (Å²) in [5.41, 5.74) is 1.19. The number of rotatable bonds is 14. The summed E-state index contributed by atoms with van der Waals surface area (Å²) < 4.78 is 16.1. The van der Waals surface area contributed by atoms with E-state index in [4.69, 9.17) is 14.2 Å². The zero-order chi connectivity index (χ0) is 20.7. The molecule has 0 amide bonds. The number of aliphatic hydroxyl groups excluding tert-OH is 1. The van der Waals surface area contributed by atoms with Gasteiger partial charge in [-0.05, 0) is 56.1 Å². The summed E-state index contributed by atoms with van der Waals surface area (Å²) in [5.74, 6) is 1.37. The molecule has 0 saturated heterocycles. The molecule has 2 rings (SSSR count). The van der Waals surface area contributed by atoms with Gasteiger partial charge in [0.1, 0.15) is 24.2 Å². The van der Waals surface area contributed by atoms with Gasteiger partial charge in [0.05, 0.1) is 13.2 Å². The molecule has 0 aliphatic heterocycles. The first kappa shape index (κ1) is 22.7. The summed E-state index contributed by atoms with van der Waals surface area (Å²) in [5, 5.41) is 13.2. The maximum Gasteiger partial charge on any atom is 0.305 e. The molecule has 1 unspecified atom stereocenters. The third-order valence-corrected chi connectivity index (χ3v) is 4.18. The molecule has 6 nitrogen and oxygen atoms in total. The zero-order valence-corrected chi connectivity index (χ0v) is 17.0. The Kier molecular flexibility index (Phi) is 10.6. The Balaban J connectivity index is 1.54. The van der Waals surface area contributed by atoms with Gasteiger partial charge in [-0.15, -0.1) is 0 Å². The molecule has 0 aliphatic carbocycles. The number of hydrogen-bond acceptors (Lipinski definition) is 6. The van der Waals surface area contributed by atoms with Crippen molar-refractivity contribution in [2.24, 2.45) is 0 Å². The SMILES string of the molecule is CCOC(=O)CCCOc1ccc(CCNCC(O)COc2ccccc2)cc1. The number of esters is 1. The molecule has 0 heterocycles. The minimum atomic E-state index is -0.555. The van der Waals surface area contributed by atoms with Crippen molar-refractivity contribution in [1.29, 1.82) is 0 Å². The van der Waals surface area contributed by atoms with Crippen LogP contribution >= 0.6 is 0 Å². The molecule has 29 heavy (non-hydrogen) atoms. The number of aliphatic hydroxyl groups is 1. The fourth-order valence-corrected chi connectivity index (χ4v) is 2.66. The first-order valence-electron chi connectivity index (χ1n) is 10.1. The predicted octanol–water partition coefficient (Wildman–Crippen LogP) is 2.98. The third kappa shape index (κ3) is 9.96. The zero-order valence-electron chi connectivity index (χ0n) is 17.0. The summed E-state index contributed by atoms with van der Waals surface area (Å²) in [6.45, 7) is 4.21. The van der Waals surface area contributed by atoms with Gasteiger partial charge in [-0.3, -0.25) is 4.79 Å². The fraction of sp³-hybridized carbons (Fsp3) is 0.435. The molecule has 0 bridgehead atoms. The van der Waals surface area contributed by atoms with Crippen molar-refractivity contribution in [3.05, 3.63) is 60.2 Å². The van der Waals surface area contributed by atoms with Crippen LogP contribution in [-0.2, 0) is 16.0 Å². The van der Waals surface area contributed by atoms with E-state index >= 15 is 0 Å². The molecule has 2 aromatic carbocycles. The molecule has 0 spiro atoms. The fourth-order valence-electron chi connectivity index (χ4n) is 2.66. The number of carbonyl (C=O) groups is 1. The van der Waals surface area contributed by atoms with Gasteiger partial charge in [-0.25, -0.2) is 0 Å². The molecule has 1 atom stereocenters. The molecule has 0 fully saturated rings. The van der Waals surface area contributed by atoms with Crippen molar-refractivity contribution in [2.45, 2.75) is 32.3 Å². The second-order valence-electron chi connectivity index (χ2n) is 6.63. The van der Waals surface area contributed by atoms with E-state index < -0.39 is 6.10 Å². The van der Waals surface area contributed by atoms with Gasteiger partial charge in [0, 0.05) is 13.0 Å². The van der Waals surface area contributed by atoms with Gasteiger partial charge in [-0.2, -0.15) is 0 Å². The second-order valence-corrected chi connectivity index (χ2v) is 6.63. The van der Waals surface area contributed by atoms with Crippen LogP contribution in [0.2, 0.25) is 0 Å². The van der Waals surface area contributed by atoms with E-state index in [1.54, 1.807) is 6.92 Å². The highest BCUT2D eigenvalue weighted by atomic mass is 16.5. The molecule has 0 radical (unpaired) electrons. The lowest BCUT2D eigenvalue weighted by Crippen LogP contribution is -2.32. The van der Waals surface area contributed by atoms with E-state index in [1.807, 2.05) is 54.6 Å². The second kappa shape index (κ2) is 13.6. The Hall–Kier alpha value is -2.57. The molecule has 2 N–H and O–H groups in total. The van der Waals surface area contributed by atoms with Crippen LogP contribution in [0.3, 0.4) is 0 Å². The quantitative estimate of drug-likeness (QED) is 0.374. The minimum Gasteiger partial charge on any atom is -0.494 e. The lowest BCUT2D eigenvalue weighted by Gasteiger charge is -2.13. The Morgan fingerprint density at radius 2 is 1.76 bits per heavy atom. The summed E-state index contributed by atoms with van der Waals surface area (Å²) in [7, 11) is 0. The lowest BCUT2D eigenvalue weighted by atomic mass is 10.1. The van der Waals surface area contributed by atoms with Gasteiger partial charge < -0.3 is 24.6 Å².